The fourth-order valence-electron chi connectivity index (χ4n) is 1.87. The van der Waals surface area contributed by atoms with E-state index in [1.165, 1.54) is 6.92 Å². The van der Waals surface area contributed by atoms with E-state index in [0.717, 1.165) is 5.69 Å². The molecule has 0 bridgehead atoms. The molecule has 0 aliphatic rings. The number of hydrogen-bond acceptors (Lipinski definition) is 3. The van der Waals surface area contributed by atoms with E-state index < -0.39 is 0 Å². The molecule has 0 N–H and O–H groups in total. The van der Waals surface area contributed by atoms with Crippen molar-refractivity contribution in [1.82, 2.24) is 9.88 Å². The number of nitrogens with zero attached hydrogens (tertiary/aromatic N) is 2. The summed E-state index contributed by atoms with van der Waals surface area (Å²) in [4.78, 5) is 29.2. The van der Waals surface area contributed by atoms with Crippen LogP contribution in [-0.2, 0) is 6.54 Å². The van der Waals surface area contributed by atoms with Gasteiger partial charge in [0.2, 0.25) is 0 Å². The van der Waals surface area contributed by atoms with Crippen molar-refractivity contribution in [3.63, 3.8) is 0 Å². The highest BCUT2D eigenvalue weighted by molar-refractivity contribution is 5.97. The second-order valence-electron chi connectivity index (χ2n) is 4.62. The van der Waals surface area contributed by atoms with E-state index in [-0.39, 0.29) is 11.7 Å². The SMILES string of the molecule is CC(=O)c1ccc(C(=O)N(C)Cc2ccccn2)cc1. The molecule has 0 spiro atoms. The summed E-state index contributed by atoms with van der Waals surface area (Å²) in [6, 6.07) is 12.3. The molecule has 2 rings (SSSR count). The van der Waals surface area contributed by atoms with Crippen molar-refractivity contribution < 1.29 is 9.59 Å². The van der Waals surface area contributed by atoms with Gasteiger partial charge in [-0.15, -0.1) is 0 Å². The van der Waals surface area contributed by atoms with Crippen molar-refractivity contribution in [3.8, 4) is 0 Å². The van der Waals surface area contributed by atoms with Crippen molar-refractivity contribution in [2.75, 3.05) is 7.05 Å². The molecule has 0 atom stereocenters. The average molecular weight is 268 g/mol. The van der Waals surface area contributed by atoms with Crippen LogP contribution < -0.4 is 0 Å². The molecule has 0 unspecified atom stereocenters. The second kappa shape index (κ2) is 6.10. The Bertz CT molecular complexity index is 606. The van der Waals surface area contributed by atoms with Gasteiger partial charge in [0.25, 0.3) is 5.91 Å². The Labute approximate surface area is 118 Å². The van der Waals surface area contributed by atoms with Crippen molar-refractivity contribution in [3.05, 3.63) is 65.5 Å². The van der Waals surface area contributed by atoms with Crippen LogP contribution in [0.4, 0.5) is 0 Å². The molecule has 1 aromatic carbocycles. The number of benzene rings is 1. The molecule has 0 saturated heterocycles. The lowest BCUT2D eigenvalue weighted by molar-refractivity contribution is 0.0783. The number of hydrogen-bond donors (Lipinski definition) is 0. The molecule has 0 saturated carbocycles. The predicted octanol–water partition coefficient (Wildman–Crippen LogP) is 2.56. The minimum Gasteiger partial charge on any atom is -0.336 e. The first-order valence-electron chi connectivity index (χ1n) is 6.34. The van der Waals surface area contributed by atoms with Crippen LogP contribution in [0.15, 0.2) is 48.7 Å². The van der Waals surface area contributed by atoms with Crippen LogP contribution in [0.1, 0.15) is 33.3 Å². The molecule has 4 nitrogen and oxygen atoms in total. The largest absolute Gasteiger partial charge is 0.336 e. The Morgan fingerprint density at radius 1 is 1.05 bits per heavy atom. The standard InChI is InChI=1S/C16H16N2O2/c1-12(19)13-6-8-14(9-7-13)16(20)18(2)11-15-5-3-4-10-17-15/h3-10H,11H2,1-2H3. The molecule has 4 heteroatoms. The molecule has 102 valence electrons. The third-order valence-electron chi connectivity index (χ3n) is 3.01. The average Bonchev–Trinajstić information content (AvgIpc) is 2.47. The number of ketones is 1. The van der Waals surface area contributed by atoms with Crippen LogP contribution in [-0.4, -0.2) is 28.6 Å². The summed E-state index contributed by atoms with van der Waals surface area (Å²) in [5.41, 5.74) is 2.01. The van der Waals surface area contributed by atoms with Crippen molar-refractivity contribution in [1.29, 1.82) is 0 Å². The van der Waals surface area contributed by atoms with Gasteiger partial charge in [0.15, 0.2) is 5.78 Å². The number of carbonyl (C=O) groups is 2. The Balaban J connectivity index is 2.08. The molecule has 2 aromatic rings. The molecule has 1 amide bonds. The summed E-state index contributed by atoms with van der Waals surface area (Å²) in [6.45, 7) is 1.96. The molecular formula is C16H16N2O2. The van der Waals surface area contributed by atoms with E-state index in [4.69, 9.17) is 0 Å². The van der Waals surface area contributed by atoms with Crippen LogP contribution in [0.5, 0.6) is 0 Å². The first-order valence-corrected chi connectivity index (χ1v) is 6.34. The zero-order valence-corrected chi connectivity index (χ0v) is 11.5. The smallest absolute Gasteiger partial charge is 0.253 e. The summed E-state index contributed by atoms with van der Waals surface area (Å²) < 4.78 is 0. The summed E-state index contributed by atoms with van der Waals surface area (Å²) in [5, 5.41) is 0. The topological polar surface area (TPSA) is 50.3 Å². The lowest BCUT2D eigenvalue weighted by Crippen LogP contribution is -2.26. The van der Waals surface area contributed by atoms with Gasteiger partial charge in [-0.25, -0.2) is 0 Å². The van der Waals surface area contributed by atoms with Gasteiger partial charge >= 0.3 is 0 Å². The Hall–Kier alpha value is -2.49. The number of carbonyl (C=O) groups excluding carboxylic acids is 2. The minimum atomic E-state index is -0.0919. The fraction of sp³-hybridized carbons (Fsp3) is 0.188. The highest BCUT2D eigenvalue weighted by Crippen LogP contribution is 2.09. The quantitative estimate of drug-likeness (QED) is 0.801. The number of rotatable bonds is 4. The van der Waals surface area contributed by atoms with E-state index in [0.29, 0.717) is 17.7 Å². The van der Waals surface area contributed by atoms with E-state index >= 15 is 0 Å². The van der Waals surface area contributed by atoms with Gasteiger partial charge in [-0.3, -0.25) is 14.6 Å². The third kappa shape index (κ3) is 3.29. The zero-order valence-electron chi connectivity index (χ0n) is 11.5. The van der Waals surface area contributed by atoms with Gasteiger partial charge in [-0.05, 0) is 31.2 Å². The van der Waals surface area contributed by atoms with Crippen molar-refractivity contribution >= 4 is 11.7 Å². The fourth-order valence-corrected chi connectivity index (χ4v) is 1.87. The van der Waals surface area contributed by atoms with E-state index in [9.17, 15) is 9.59 Å². The molecule has 20 heavy (non-hydrogen) atoms. The molecule has 0 aliphatic heterocycles. The number of aromatic nitrogens is 1. The molecule has 0 aliphatic carbocycles. The minimum absolute atomic E-state index is 0.00848. The Morgan fingerprint density at radius 2 is 1.70 bits per heavy atom. The molecular weight excluding hydrogens is 252 g/mol. The van der Waals surface area contributed by atoms with Gasteiger partial charge in [0, 0.05) is 24.4 Å². The summed E-state index contributed by atoms with van der Waals surface area (Å²) >= 11 is 0. The van der Waals surface area contributed by atoms with Crippen LogP contribution in [0.25, 0.3) is 0 Å². The summed E-state index contributed by atoms with van der Waals surface area (Å²) in [7, 11) is 1.73. The molecule has 0 fully saturated rings. The van der Waals surface area contributed by atoms with Gasteiger partial charge < -0.3 is 4.90 Å². The number of Topliss-reactive ketones (excluding diaryl/α,β-unsaturated/α-hetero) is 1. The lowest BCUT2D eigenvalue weighted by atomic mass is 10.1. The van der Waals surface area contributed by atoms with Crippen molar-refractivity contribution in [2.24, 2.45) is 0 Å². The van der Waals surface area contributed by atoms with Gasteiger partial charge in [-0.2, -0.15) is 0 Å². The molecule has 1 heterocycles. The van der Waals surface area contributed by atoms with E-state index in [1.54, 1.807) is 42.4 Å². The lowest BCUT2D eigenvalue weighted by Gasteiger charge is -2.16. The van der Waals surface area contributed by atoms with Crippen LogP contribution >= 0.6 is 0 Å². The maximum atomic E-state index is 12.2. The molecule has 0 radical (unpaired) electrons. The van der Waals surface area contributed by atoms with Gasteiger partial charge in [0.1, 0.15) is 0 Å². The third-order valence-corrected chi connectivity index (χ3v) is 3.01. The van der Waals surface area contributed by atoms with Crippen LogP contribution in [0.3, 0.4) is 0 Å². The monoisotopic (exact) mass is 268 g/mol. The zero-order chi connectivity index (χ0) is 14.5. The van der Waals surface area contributed by atoms with Gasteiger partial charge in [0.05, 0.1) is 12.2 Å². The van der Waals surface area contributed by atoms with Crippen molar-refractivity contribution in [2.45, 2.75) is 13.5 Å². The summed E-state index contributed by atoms with van der Waals surface area (Å²) in [5.74, 6) is -0.100. The Kier molecular flexibility index (Phi) is 4.25. The maximum Gasteiger partial charge on any atom is 0.253 e. The van der Waals surface area contributed by atoms with E-state index in [1.807, 2.05) is 18.2 Å². The van der Waals surface area contributed by atoms with Gasteiger partial charge in [-0.1, -0.05) is 18.2 Å². The highest BCUT2D eigenvalue weighted by atomic mass is 16.2. The van der Waals surface area contributed by atoms with Crippen LogP contribution in [0, 0.1) is 0 Å². The summed E-state index contributed by atoms with van der Waals surface area (Å²) in [6.07, 6.45) is 1.70. The molecule has 1 aromatic heterocycles. The predicted molar refractivity (Wildman–Crippen MR) is 76.5 cm³/mol. The number of pyridine rings is 1. The van der Waals surface area contributed by atoms with Crippen LogP contribution in [0.2, 0.25) is 0 Å². The first-order chi connectivity index (χ1) is 9.58. The normalized spacial score (nSPS) is 10.1. The highest BCUT2D eigenvalue weighted by Gasteiger charge is 2.12. The first kappa shape index (κ1) is 13.9. The van der Waals surface area contributed by atoms with E-state index in [2.05, 4.69) is 4.98 Å². The maximum absolute atomic E-state index is 12.2. The number of amides is 1. The Morgan fingerprint density at radius 3 is 2.25 bits per heavy atom. The second-order valence-corrected chi connectivity index (χ2v) is 4.62.